The van der Waals surface area contributed by atoms with Crippen molar-refractivity contribution in [3.8, 4) is 11.8 Å². The standard InChI is InChI=1S/C18H26N4O3/c1-13-6-19-21-8-14(11-24-17(13)21)4-3-5-16-7-20-22-9-15(10-23-2)12-25-18(16)22/h6-7,14-15H,3-5,8-12H2,1-2H3/t14-,15?/m1/s1. The van der Waals surface area contributed by atoms with Crippen LogP contribution in [0.3, 0.4) is 0 Å². The maximum absolute atomic E-state index is 5.93. The molecule has 0 spiro atoms. The molecule has 7 heteroatoms. The molecule has 2 aromatic heterocycles. The van der Waals surface area contributed by atoms with Crippen molar-refractivity contribution in [3.63, 3.8) is 0 Å². The normalized spacial score (nSPS) is 22.0. The van der Waals surface area contributed by atoms with E-state index >= 15 is 0 Å². The van der Waals surface area contributed by atoms with Crippen molar-refractivity contribution in [2.75, 3.05) is 26.9 Å². The zero-order valence-electron chi connectivity index (χ0n) is 15.0. The minimum atomic E-state index is 0.386. The summed E-state index contributed by atoms with van der Waals surface area (Å²) in [7, 11) is 1.73. The second kappa shape index (κ2) is 7.07. The van der Waals surface area contributed by atoms with Crippen molar-refractivity contribution in [3.05, 3.63) is 23.5 Å². The second-order valence-electron chi connectivity index (χ2n) is 7.17. The zero-order chi connectivity index (χ0) is 17.2. The fourth-order valence-corrected chi connectivity index (χ4v) is 3.75. The molecule has 0 N–H and O–H groups in total. The fourth-order valence-electron chi connectivity index (χ4n) is 3.75. The van der Waals surface area contributed by atoms with E-state index in [-0.39, 0.29) is 0 Å². The summed E-state index contributed by atoms with van der Waals surface area (Å²) < 4.78 is 21.0. The van der Waals surface area contributed by atoms with E-state index in [0.717, 1.165) is 56.3 Å². The molecule has 2 aliphatic heterocycles. The Balaban J connectivity index is 1.29. The Morgan fingerprint density at radius 2 is 1.80 bits per heavy atom. The topological polar surface area (TPSA) is 63.3 Å². The van der Waals surface area contributed by atoms with Crippen molar-refractivity contribution < 1.29 is 14.2 Å². The fraction of sp³-hybridized carbons (Fsp3) is 0.667. The van der Waals surface area contributed by atoms with E-state index in [4.69, 9.17) is 14.2 Å². The summed E-state index contributed by atoms with van der Waals surface area (Å²) in [5, 5.41) is 8.88. The quantitative estimate of drug-likeness (QED) is 0.801. The molecule has 0 aliphatic carbocycles. The van der Waals surface area contributed by atoms with E-state index in [0.29, 0.717) is 25.0 Å². The van der Waals surface area contributed by atoms with Gasteiger partial charge in [0.05, 0.1) is 45.3 Å². The lowest BCUT2D eigenvalue weighted by molar-refractivity contribution is 0.0791. The molecule has 0 radical (unpaired) electrons. The Morgan fingerprint density at radius 3 is 2.68 bits per heavy atom. The summed E-state index contributed by atoms with van der Waals surface area (Å²) in [5.41, 5.74) is 2.33. The summed E-state index contributed by atoms with van der Waals surface area (Å²) in [6, 6.07) is 0. The van der Waals surface area contributed by atoms with Gasteiger partial charge in [-0.3, -0.25) is 0 Å². The lowest BCUT2D eigenvalue weighted by Crippen LogP contribution is -2.29. The molecule has 7 nitrogen and oxygen atoms in total. The first-order valence-electron chi connectivity index (χ1n) is 9.06. The van der Waals surface area contributed by atoms with E-state index in [2.05, 4.69) is 10.2 Å². The number of nitrogens with zero attached hydrogens (tertiary/aromatic N) is 4. The Kier molecular flexibility index (Phi) is 4.65. The molecular weight excluding hydrogens is 320 g/mol. The highest BCUT2D eigenvalue weighted by Crippen LogP contribution is 2.28. The molecule has 4 heterocycles. The van der Waals surface area contributed by atoms with Crippen molar-refractivity contribution >= 4 is 0 Å². The Morgan fingerprint density at radius 1 is 1.08 bits per heavy atom. The number of ether oxygens (including phenoxy) is 3. The molecule has 4 rings (SSSR count). The molecule has 2 aromatic rings. The van der Waals surface area contributed by atoms with Crippen LogP contribution in [-0.2, 0) is 24.2 Å². The molecule has 136 valence electrons. The lowest BCUT2D eigenvalue weighted by Gasteiger charge is -2.25. The van der Waals surface area contributed by atoms with Gasteiger partial charge in [-0.2, -0.15) is 10.2 Å². The van der Waals surface area contributed by atoms with E-state index < -0.39 is 0 Å². The number of methoxy groups -OCH3 is 1. The number of rotatable bonds is 6. The third-order valence-electron chi connectivity index (χ3n) is 5.06. The van der Waals surface area contributed by atoms with Crippen molar-refractivity contribution in [2.45, 2.75) is 39.3 Å². The van der Waals surface area contributed by atoms with E-state index in [9.17, 15) is 0 Å². The highest BCUT2D eigenvalue weighted by atomic mass is 16.5. The van der Waals surface area contributed by atoms with Gasteiger partial charge in [-0.1, -0.05) is 0 Å². The van der Waals surface area contributed by atoms with E-state index in [1.54, 1.807) is 7.11 Å². The molecule has 25 heavy (non-hydrogen) atoms. The molecule has 1 unspecified atom stereocenters. The molecule has 0 amide bonds. The molecule has 0 bridgehead atoms. The van der Waals surface area contributed by atoms with Crippen LogP contribution in [0, 0.1) is 18.8 Å². The Labute approximate surface area is 147 Å². The average Bonchev–Trinajstić information content (AvgIpc) is 3.19. The van der Waals surface area contributed by atoms with Crippen LogP contribution in [0.1, 0.15) is 24.0 Å². The molecular formula is C18H26N4O3. The molecule has 2 atom stereocenters. The highest BCUT2D eigenvalue weighted by molar-refractivity contribution is 5.25. The number of aromatic nitrogens is 4. The van der Waals surface area contributed by atoms with Crippen LogP contribution in [0.4, 0.5) is 0 Å². The predicted molar refractivity (Wildman–Crippen MR) is 92.0 cm³/mol. The maximum atomic E-state index is 5.93. The molecule has 0 saturated heterocycles. The summed E-state index contributed by atoms with van der Waals surface area (Å²) in [4.78, 5) is 0. The molecule has 0 saturated carbocycles. The van der Waals surface area contributed by atoms with E-state index in [1.807, 2.05) is 28.7 Å². The van der Waals surface area contributed by atoms with Gasteiger partial charge in [0.2, 0.25) is 11.8 Å². The third kappa shape index (κ3) is 3.38. The SMILES string of the molecule is COCC1COc2c(CCC[C@H]3COc4c(C)cnn4C3)cnn2C1. The van der Waals surface area contributed by atoms with Gasteiger partial charge >= 0.3 is 0 Å². The Bertz CT molecular complexity index is 724. The number of hydrogen-bond acceptors (Lipinski definition) is 5. The largest absolute Gasteiger partial charge is 0.477 e. The molecule has 0 fully saturated rings. The van der Waals surface area contributed by atoms with Gasteiger partial charge < -0.3 is 14.2 Å². The van der Waals surface area contributed by atoms with Gasteiger partial charge in [0.1, 0.15) is 0 Å². The Hall–Kier alpha value is -2.02. The lowest BCUT2D eigenvalue weighted by atomic mass is 10.0. The molecule has 2 aliphatic rings. The molecule has 0 aromatic carbocycles. The first-order valence-corrected chi connectivity index (χ1v) is 9.06. The minimum Gasteiger partial charge on any atom is -0.477 e. The number of fused-ring (bicyclic) bond motifs is 2. The van der Waals surface area contributed by atoms with Gasteiger partial charge in [0.25, 0.3) is 0 Å². The van der Waals surface area contributed by atoms with Gasteiger partial charge in [-0.15, -0.1) is 0 Å². The van der Waals surface area contributed by atoms with Gasteiger partial charge in [-0.05, 0) is 26.2 Å². The van der Waals surface area contributed by atoms with Crippen LogP contribution < -0.4 is 9.47 Å². The maximum Gasteiger partial charge on any atom is 0.215 e. The van der Waals surface area contributed by atoms with Crippen molar-refractivity contribution in [1.82, 2.24) is 19.6 Å². The van der Waals surface area contributed by atoms with Crippen molar-refractivity contribution in [2.24, 2.45) is 11.8 Å². The average molecular weight is 346 g/mol. The monoisotopic (exact) mass is 346 g/mol. The van der Waals surface area contributed by atoms with Gasteiger partial charge in [0.15, 0.2) is 0 Å². The number of hydrogen-bond donors (Lipinski definition) is 0. The first-order chi connectivity index (χ1) is 12.2. The smallest absolute Gasteiger partial charge is 0.215 e. The van der Waals surface area contributed by atoms with Gasteiger partial charge in [-0.25, -0.2) is 9.36 Å². The summed E-state index contributed by atoms with van der Waals surface area (Å²) in [5.74, 6) is 2.78. The van der Waals surface area contributed by atoms with Gasteiger partial charge in [0, 0.05) is 30.1 Å². The van der Waals surface area contributed by atoms with E-state index in [1.165, 1.54) is 5.56 Å². The highest BCUT2D eigenvalue weighted by Gasteiger charge is 2.24. The van der Waals surface area contributed by atoms with Crippen LogP contribution in [0.25, 0.3) is 0 Å². The van der Waals surface area contributed by atoms with Crippen LogP contribution in [0.15, 0.2) is 12.4 Å². The van der Waals surface area contributed by atoms with Crippen LogP contribution in [-0.4, -0.2) is 46.5 Å². The van der Waals surface area contributed by atoms with Crippen LogP contribution in [0.2, 0.25) is 0 Å². The van der Waals surface area contributed by atoms with Crippen LogP contribution >= 0.6 is 0 Å². The summed E-state index contributed by atoms with van der Waals surface area (Å²) >= 11 is 0. The van der Waals surface area contributed by atoms with Crippen molar-refractivity contribution in [1.29, 1.82) is 0 Å². The first kappa shape index (κ1) is 16.4. The number of aryl methyl sites for hydroxylation is 2. The summed E-state index contributed by atoms with van der Waals surface area (Å²) in [6.07, 6.45) is 7.05. The second-order valence-corrected chi connectivity index (χ2v) is 7.17. The predicted octanol–water partition coefficient (Wildman–Crippen LogP) is 2.07. The summed E-state index contributed by atoms with van der Waals surface area (Å²) in [6.45, 7) is 6.08. The van der Waals surface area contributed by atoms with Crippen LogP contribution in [0.5, 0.6) is 11.8 Å². The third-order valence-corrected chi connectivity index (χ3v) is 5.06. The minimum absolute atomic E-state index is 0.386. The zero-order valence-corrected chi connectivity index (χ0v) is 15.0.